The van der Waals surface area contributed by atoms with E-state index in [2.05, 4.69) is 30.8 Å². The van der Waals surface area contributed by atoms with Crippen molar-refractivity contribution in [2.24, 2.45) is 0 Å². The van der Waals surface area contributed by atoms with Crippen molar-refractivity contribution >= 4 is 61.4 Å². The lowest BCUT2D eigenvalue weighted by atomic mass is 9.86. The van der Waals surface area contributed by atoms with Crippen LogP contribution >= 0.6 is 0 Å². The third-order valence-corrected chi connectivity index (χ3v) is 9.91. The molecule has 6 rings (SSSR count). The summed E-state index contributed by atoms with van der Waals surface area (Å²) in [6.07, 6.45) is 4.14. The number of aromatic nitrogens is 3. The van der Waals surface area contributed by atoms with Gasteiger partial charge in [0.1, 0.15) is 41.0 Å². The predicted octanol–water partition coefficient (Wildman–Crippen LogP) is 8.40. The van der Waals surface area contributed by atoms with Gasteiger partial charge in [0, 0.05) is 53.1 Å². The molecule has 18 heteroatoms. The standard InChI is InChI=1S/C44H49N7O10S/c1-27-35(42(52)53)26-51(49-27)16-17-59-18-19-60-32-23-29(22-31(24-32)57-5)46-40-25-30(14-15-45-40)61-39-13-12-36(33-10-8-9-11-34(33)39)47-43(54)48-37-20-28(44(2,3)4)21-38(41(37)58-6)50-62(7,55)56/h8-15,20-26,50H,16-19H2,1-7H3,(H,45,46)(H,52,53)(H2,47,48,54). The number of fused-ring (bicyclic) bond motifs is 1. The molecule has 0 atom stereocenters. The molecule has 326 valence electrons. The van der Waals surface area contributed by atoms with Crippen molar-refractivity contribution in [3.05, 3.63) is 108 Å². The van der Waals surface area contributed by atoms with Gasteiger partial charge in [0.25, 0.3) is 0 Å². The summed E-state index contributed by atoms with van der Waals surface area (Å²) < 4.78 is 57.5. The Bertz CT molecular complexity index is 2700. The SMILES string of the molecule is COc1cc(Nc2cc(Oc3ccc(NC(=O)Nc4cc(C(C)(C)C)cc(NS(C)(=O)=O)c4OC)c4ccccc34)ccn2)cc(OCCOCCn2cc(C(=O)O)c(C)n2)c1. The zero-order valence-corrected chi connectivity index (χ0v) is 36.2. The van der Waals surface area contributed by atoms with Crippen LogP contribution in [0.4, 0.5) is 33.4 Å². The molecule has 2 heterocycles. The lowest BCUT2D eigenvalue weighted by Gasteiger charge is -2.24. The number of carboxylic acids is 1. The van der Waals surface area contributed by atoms with Gasteiger partial charge in [0.15, 0.2) is 5.75 Å². The van der Waals surface area contributed by atoms with Crippen LogP contribution in [-0.4, -0.2) is 80.6 Å². The number of carboxylic acid groups (broad SMARTS) is 1. The highest BCUT2D eigenvalue weighted by molar-refractivity contribution is 7.92. The van der Waals surface area contributed by atoms with Crippen LogP contribution in [0.1, 0.15) is 42.4 Å². The fraction of sp³-hybridized carbons (Fsp3) is 0.273. The molecule has 0 aliphatic carbocycles. The van der Waals surface area contributed by atoms with Crippen LogP contribution in [0.5, 0.6) is 28.7 Å². The van der Waals surface area contributed by atoms with Crippen molar-refractivity contribution in [2.75, 3.05) is 61.0 Å². The third-order valence-electron chi connectivity index (χ3n) is 9.32. The van der Waals surface area contributed by atoms with Crippen LogP contribution in [0.15, 0.2) is 91.3 Å². The number of aryl methyl sites for hydroxylation is 1. The van der Waals surface area contributed by atoms with Gasteiger partial charge in [0.2, 0.25) is 10.0 Å². The Morgan fingerprint density at radius 3 is 2.24 bits per heavy atom. The summed E-state index contributed by atoms with van der Waals surface area (Å²) in [6, 6.07) is 22.7. The lowest BCUT2D eigenvalue weighted by Crippen LogP contribution is -2.22. The Labute approximate surface area is 359 Å². The number of amides is 2. The molecule has 0 aliphatic rings. The van der Waals surface area contributed by atoms with Crippen LogP contribution in [-0.2, 0) is 26.7 Å². The monoisotopic (exact) mass is 867 g/mol. The number of urea groups is 1. The van der Waals surface area contributed by atoms with E-state index >= 15 is 0 Å². The highest BCUT2D eigenvalue weighted by Gasteiger charge is 2.23. The predicted molar refractivity (Wildman–Crippen MR) is 238 cm³/mol. The fourth-order valence-corrected chi connectivity index (χ4v) is 6.93. The summed E-state index contributed by atoms with van der Waals surface area (Å²) in [6.45, 7) is 8.85. The Morgan fingerprint density at radius 2 is 1.55 bits per heavy atom. The molecule has 0 aliphatic heterocycles. The molecule has 17 nitrogen and oxygen atoms in total. The van der Waals surface area contributed by atoms with E-state index in [1.54, 1.807) is 79.5 Å². The number of sulfonamides is 1. The second kappa shape index (κ2) is 19.1. The van der Waals surface area contributed by atoms with Crippen LogP contribution < -0.4 is 39.6 Å². The number of carbonyl (C=O) groups excluding carboxylic acids is 1. The lowest BCUT2D eigenvalue weighted by molar-refractivity contribution is 0.0695. The number of benzene rings is 4. The first-order valence-electron chi connectivity index (χ1n) is 19.4. The number of ether oxygens (including phenoxy) is 5. The number of pyridine rings is 1. The average molecular weight is 868 g/mol. The van der Waals surface area contributed by atoms with Gasteiger partial charge in [0.05, 0.1) is 63.0 Å². The highest BCUT2D eigenvalue weighted by atomic mass is 32.2. The minimum atomic E-state index is -3.65. The molecule has 2 aromatic heterocycles. The van der Waals surface area contributed by atoms with E-state index in [-0.39, 0.29) is 34.7 Å². The first kappa shape index (κ1) is 44.5. The van der Waals surface area contributed by atoms with E-state index < -0.39 is 22.0 Å². The van der Waals surface area contributed by atoms with Crippen molar-refractivity contribution in [1.82, 2.24) is 14.8 Å². The van der Waals surface area contributed by atoms with Gasteiger partial charge in [-0.15, -0.1) is 0 Å². The van der Waals surface area contributed by atoms with Gasteiger partial charge >= 0.3 is 12.0 Å². The molecule has 6 aromatic rings. The molecule has 2 amide bonds. The summed E-state index contributed by atoms with van der Waals surface area (Å²) in [5.41, 5.74) is 2.65. The number of nitrogens with one attached hydrogen (secondary N) is 4. The summed E-state index contributed by atoms with van der Waals surface area (Å²) >= 11 is 0. The van der Waals surface area contributed by atoms with Gasteiger partial charge in [-0.05, 0) is 48.2 Å². The molecule has 62 heavy (non-hydrogen) atoms. The second-order valence-corrected chi connectivity index (χ2v) is 16.9. The highest BCUT2D eigenvalue weighted by Crippen LogP contribution is 2.40. The fourth-order valence-electron chi connectivity index (χ4n) is 6.38. The van der Waals surface area contributed by atoms with Crippen molar-refractivity contribution in [3.63, 3.8) is 0 Å². The summed E-state index contributed by atoms with van der Waals surface area (Å²) in [5, 5.41) is 23.9. The minimum absolute atomic E-state index is 0.161. The topological polar surface area (TPSA) is 213 Å². The molecule has 0 fully saturated rings. The number of aromatic carboxylic acids is 1. The van der Waals surface area contributed by atoms with Crippen molar-refractivity contribution in [1.29, 1.82) is 0 Å². The maximum absolute atomic E-state index is 13.5. The molecule has 0 saturated heterocycles. The molecule has 0 bridgehead atoms. The number of anilines is 5. The third kappa shape index (κ3) is 11.6. The Morgan fingerprint density at radius 1 is 0.823 bits per heavy atom. The summed E-state index contributed by atoms with van der Waals surface area (Å²) in [4.78, 5) is 29.3. The van der Waals surface area contributed by atoms with Crippen LogP contribution in [0, 0.1) is 6.92 Å². The summed E-state index contributed by atoms with van der Waals surface area (Å²) in [5.74, 6) is 1.76. The van der Waals surface area contributed by atoms with E-state index in [4.69, 9.17) is 23.7 Å². The Kier molecular flexibility index (Phi) is 13.7. The number of hydrogen-bond donors (Lipinski definition) is 5. The van der Waals surface area contributed by atoms with Gasteiger partial charge in [-0.3, -0.25) is 9.40 Å². The van der Waals surface area contributed by atoms with E-state index in [9.17, 15) is 23.1 Å². The molecule has 0 unspecified atom stereocenters. The van der Waals surface area contributed by atoms with Crippen LogP contribution in [0.25, 0.3) is 10.8 Å². The molecule has 0 saturated carbocycles. The van der Waals surface area contributed by atoms with Gasteiger partial charge in [-0.25, -0.2) is 23.0 Å². The van der Waals surface area contributed by atoms with E-state index in [1.165, 1.54) is 13.3 Å². The van der Waals surface area contributed by atoms with Crippen LogP contribution in [0.2, 0.25) is 0 Å². The van der Waals surface area contributed by atoms with E-state index in [0.29, 0.717) is 71.0 Å². The normalized spacial score (nSPS) is 11.5. The maximum atomic E-state index is 13.5. The Balaban J connectivity index is 1.11. The maximum Gasteiger partial charge on any atom is 0.339 e. The molecular weight excluding hydrogens is 819 g/mol. The molecule has 0 spiro atoms. The van der Waals surface area contributed by atoms with E-state index in [1.807, 2.05) is 45.0 Å². The summed E-state index contributed by atoms with van der Waals surface area (Å²) in [7, 11) is -0.694. The van der Waals surface area contributed by atoms with Crippen molar-refractivity contribution in [2.45, 2.75) is 39.7 Å². The van der Waals surface area contributed by atoms with Crippen molar-refractivity contribution < 1.29 is 46.8 Å². The van der Waals surface area contributed by atoms with Gasteiger partial charge in [-0.2, -0.15) is 5.10 Å². The molecule has 5 N–H and O–H groups in total. The van der Waals surface area contributed by atoms with Gasteiger partial charge < -0.3 is 44.7 Å². The number of hydrogen-bond acceptors (Lipinski definition) is 12. The largest absolute Gasteiger partial charge is 0.497 e. The quantitative estimate of drug-likeness (QED) is 0.0514. The zero-order chi connectivity index (χ0) is 44.6. The molecule has 0 radical (unpaired) electrons. The van der Waals surface area contributed by atoms with E-state index in [0.717, 1.165) is 17.2 Å². The van der Waals surface area contributed by atoms with Crippen molar-refractivity contribution in [3.8, 4) is 28.7 Å². The van der Waals surface area contributed by atoms with Crippen LogP contribution in [0.3, 0.4) is 0 Å². The molecular formula is C44H49N7O10S. The molecule has 4 aromatic carbocycles. The first-order valence-corrected chi connectivity index (χ1v) is 21.3. The Hall–Kier alpha value is -7.05. The first-order chi connectivity index (χ1) is 29.5. The number of carbonyl (C=O) groups is 2. The number of rotatable bonds is 18. The average Bonchev–Trinajstić information content (AvgIpc) is 3.59. The van der Waals surface area contributed by atoms with Gasteiger partial charge in [-0.1, -0.05) is 45.0 Å². The zero-order valence-electron chi connectivity index (χ0n) is 35.4. The second-order valence-electron chi connectivity index (χ2n) is 15.1. The number of methoxy groups -OCH3 is 2. The smallest absolute Gasteiger partial charge is 0.339 e. The number of nitrogens with zero attached hydrogens (tertiary/aromatic N) is 3. The minimum Gasteiger partial charge on any atom is -0.497 e.